The molecule has 5 atom stereocenters. The molecule has 0 radical (unpaired) electrons. The molecule has 0 spiro atoms. The van der Waals surface area contributed by atoms with Crippen LogP contribution in [0.25, 0.3) is 22.5 Å². The van der Waals surface area contributed by atoms with Crippen molar-refractivity contribution in [3.05, 3.63) is 71.0 Å². The molecule has 2 aliphatic heterocycles. The predicted octanol–water partition coefficient (Wildman–Crippen LogP) is 5.99. The third-order valence-corrected chi connectivity index (χ3v) is 10.0. The van der Waals surface area contributed by atoms with Gasteiger partial charge in [-0.2, -0.15) is 0 Å². The molecule has 4 heterocycles. The summed E-state index contributed by atoms with van der Waals surface area (Å²) in [5.74, 6) is 14.4. The van der Waals surface area contributed by atoms with Gasteiger partial charge in [-0.15, -0.1) is 10.2 Å². The van der Waals surface area contributed by atoms with Gasteiger partial charge in [-0.1, -0.05) is 52.3 Å². The fourth-order valence-corrected chi connectivity index (χ4v) is 7.23. The van der Waals surface area contributed by atoms with Crippen LogP contribution in [-0.4, -0.2) is 66.1 Å². The van der Waals surface area contributed by atoms with E-state index in [2.05, 4.69) is 76.4 Å². The molecule has 0 amide bonds. The molecule has 1 aliphatic carbocycles. The molecule has 9 heteroatoms. The average molecular weight is 659 g/mol. The maximum atomic E-state index is 9.94. The van der Waals surface area contributed by atoms with Crippen LogP contribution in [0.4, 0.5) is 0 Å². The predicted molar refractivity (Wildman–Crippen MR) is 188 cm³/mol. The van der Waals surface area contributed by atoms with E-state index in [1.165, 1.54) is 6.42 Å². The minimum absolute atomic E-state index is 0.0902. The maximum Gasteiger partial charge on any atom is 0.120 e. The van der Waals surface area contributed by atoms with Gasteiger partial charge in [-0.3, -0.25) is 0 Å². The summed E-state index contributed by atoms with van der Waals surface area (Å²) in [6.07, 6.45) is 11.1. The minimum atomic E-state index is -1.03. The van der Waals surface area contributed by atoms with E-state index in [9.17, 15) is 5.11 Å². The molecule has 0 bridgehead atoms. The van der Waals surface area contributed by atoms with Crippen molar-refractivity contribution >= 4 is 0 Å². The molecule has 254 valence electrons. The first-order chi connectivity index (χ1) is 23.7. The molecule has 1 N–H and O–H groups in total. The van der Waals surface area contributed by atoms with E-state index in [-0.39, 0.29) is 12.2 Å². The Bertz CT molecular complexity index is 1910. The molecule has 2 aromatic carbocycles. The van der Waals surface area contributed by atoms with E-state index >= 15 is 0 Å². The third kappa shape index (κ3) is 8.13. The van der Waals surface area contributed by atoms with E-state index in [1.54, 1.807) is 13.8 Å². The first kappa shape index (κ1) is 33.2. The number of benzene rings is 2. The van der Waals surface area contributed by atoms with Crippen LogP contribution in [-0.2, 0) is 22.6 Å². The van der Waals surface area contributed by atoms with Crippen molar-refractivity contribution < 1.29 is 14.6 Å². The van der Waals surface area contributed by atoms with Crippen LogP contribution in [0.1, 0.15) is 74.6 Å². The normalized spacial score (nSPS) is 23.7. The van der Waals surface area contributed by atoms with Gasteiger partial charge in [0, 0.05) is 41.4 Å². The van der Waals surface area contributed by atoms with Crippen molar-refractivity contribution in [1.29, 1.82) is 0 Å². The highest BCUT2D eigenvalue weighted by atomic mass is 16.5. The van der Waals surface area contributed by atoms with Gasteiger partial charge in [-0.05, 0) is 107 Å². The first-order valence-electron chi connectivity index (χ1n) is 17.7. The van der Waals surface area contributed by atoms with Crippen LogP contribution in [0.2, 0.25) is 0 Å². The van der Waals surface area contributed by atoms with Gasteiger partial charge in [0.2, 0.25) is 0 Å². The quantitative estimate of drug-likeness (QED) is 0.244. The molecule has 1 saturated carbocycles. The molecule has 3 unspecified atom stereocenters. The zero-order chi connectivity index (χ0) is 34.0. The summed E-state index contributed by atoms with van der Waals surface area (Å²) in [6, 6.07) is 12.3. The number of ether oxygens (including phenoxy) is 2. The second-order valence-corrected chi connectivity index (χ2v) is 14.4. The highest BCUT2D eigenvalue weighted by molar-refractivity contribution is 5.66. The molecule has 3 fully saturated rings. The lowest BCUT2D eigenvalue weighted by Crippen LogP contribution is -2.35. The highest BCUT2D eigenvalue weighted by Gasteiger charge is 2.46. The van der Waals surface area contributed by atoms with Gasteiger partial charge in [0.1, 0.15) is 17.0 Å². The second-order valence-electron chi connectivity index (χ2n) is 14.4. The highest BCUT2D eigenvalue weighted by Crippen LogP contribution is 2.49. The Kier molecular flexibility index (Phi) is 9.69. The van der Waals surface area contributed by atoms with E-state index in [4.69, 9.17) is 9.47 Å². The zero-order valence-electron chi connectivity index (χ0n) is 29.0. The van der Waals surface area contributed by atoms with Gasteiger partial charge in [0.05, 0.1) is 37.7 Å². The molecule has 7 rings (SSSR count). The van der Waals surface area contributed by atoms with Crippen LogP contribution >= 0.6 is 0 Å². The Balaban J connectivity index is 0.987. The molecular weight excluding hydrogens is 612 g/mol. The summed E-state index contributed by atoms with van der Waals surface area (Å²) >= 11 is 0. The van der Waals surface area contributed by atoms with E-state index < -0.39 is 5.60 Å². The standard InChI is InChI=1S/C40H46N6O3/c1-27-21-29(17-18-40(3,4)47)13-16-33(27)37-24-46(44-41-37)26-39-35(12-8-20-49-39)36-22-31(36)15-14-30-9-7-11-34(28(30)2)38-25-45(43-42-38)23-32-10-5-6-19-48-32/h7,9,11,13,16,21,24-25,31-32,35-36,39,47H,5-6,8,10,12,19-20,22-23,26H2,1-4H3/t31?,32-,35?,36?,39+/m1/s1. The molecule has 2 saturated heterocycles. The third-order valence-electron chi connectivity index (χ3n) is 10.0. The second kappa shape index (κ2) is 14.3. The summed E-state index contributed by atoms with van der Waals surface area (Å²) in [6.45, 7) is 10.6. The summed E-state index contributed by atoms with van der Waals surface area (Å²) in [4.78, 5) is 0. The molecule has 3 aliphatic rings. The lowest BCUT2D eigenvalue weighted by molar-refractivity contribution is -0.0455. The number of rotatable bonds is 7. The van der Waals surface area contributed by atoms with E-state index in [1.807, 2.05) is 40.0 Å². The SMILES string of the molecule is Cc1cc(C#CC(C)(C)O)ccc1-c1cn(C[C@@H]2OCCCC2C2CC2C#Cc2cccc(-c3cn(C[C@H]4CCCCO4)nn3)c2C)nn1. The fraction of sp³-hybridized carbons (Fsp3) is 0.500. The van der Waals surface area contributed by atoms with Gasteiger partial charge in [0.15, 0.2) is 0 Å². The van der Waals surface area contributed by atoms with E-state index in [0.717, 1.165) is 96.6 Å². The van der Waals surface area contributed by atoms with Crippen molar-refractivity contribution in [3.63, 3.8) is 0 Å². The van der Waals surface area contributed by atoms with Crippen LogP contribution < -0.4 is 0 Å². The van der Waals surface area contributed by atoms with Crippen LogP contribution in [0.5, 0.6) is 0 Å². The van der Waals surface area contributed by atoms with Gasteiger partial charge < -0.3 is 14.6 Å². The number of hydrogen-bond donors (Lipinski definition) is 1. The Hall–Kier alpha value is -4.28. The first-order valence-corrected chi connectivity index (χ1v) is 17.7. The maximum absolute atomic E-state index is 9.94. The monoisotopic (exact) mass is 658 g/mol. The Labute approximate surface area is 289 Å². The van der Waals surface area contributed by atoms with Gasteiger partial charge in [0.25, 0.3) is 0 Å². The van der Waals surface area contributed by atoms with Crippen LogP contribution in [0, 0.1) is 55.3 Å². The topological polar surface area (TPSA) is 100 Å². The molecule has 4 aromatic rings. The molecular formula is C40H46N6O3. The molecule has 49 heavy (non-hydrogen) atoms. The lowest BCUT2D eigenvalue weighted by atomic mass is 9.88. The van der Waals surface area contributed by atoms with Crippen molar-refractivity contribution in [2.75, 3.05) is 13.2 Å². The summed E-state index contributed by atoms with van der Waals surface area (Å²) in [7, 11) is 0. The van der Waals surface area contributed by atoms with Gasteiger partial charge in [-0.25, -0.2) is 9.36 Å². The van der Waals surface area contributed by atoms with Crippen molar-refractivity contribution in [2.24, 2.45) is 17.8 Å². The summed E-state index contributed by atoms with van der Waals surface area (Å²) in [5.41, 5.74) is 6.91. The number of hydrogen-bond acceptors (Lipinski definition) is 7. The number of aryl methyl sites for hydroxylation is 1. The molecule has 2 aromatic heterocycles. The Morgan fingerprint density at radius 3 is 2.39 bits per heavy atom. The number of aliphatic hydroxyl groups is 1. The fourth-order valence-electron chi connectivity index (χ4n) is 7.23. The Morgan fingerprint density at radius 2 is 1.63 bits per heavy atom. The lowest BCUT2D eigenvalue weighted by Gasteiger charge is -2.31. The largest absolute Gasteiger partial charge is 0.378 e. The molecule has 9 nitrogen and oxygen atoms in total. The minimum Gasteiger partial charge on any atom is -0.378 e. The van der Waals surface area contributed by atoms with Crippen molar-refractivity contribution in [3.8, 4) is 46.2 Å². The summed E-state index contributed by atoms with van der Waals surface area (Å²) < 4.78 is 16.1. The number of nitrogens with zero attached hydrogens (tertiary/aromatic N) is 6. The number of aromatic nitrogens is 6. The van der Waals surface area contributed by atoms with Crippen molar-refractivity contribution in [2.45, 2.75) is 97.1 Å². The smallest absolute Gasteiger partial charge is 0.120 e. The van der Waals surface area contributed by atoms with Crippen molar-refractivity contribution in [1.82, 2.24) is 30.0 Å². The summed E-state index contributed by atoms with van der Waals surface area (Å²) in [5, 5.41) is 27.8. The average Bonchev–Trinajstić information content (AvgIpc) is 3.45. The zero-order valence-corrected chi connectivity index (χ0v) is 29.0. The van der Waals surface area contributed by atoms with Crippen LogP contribution in [0.3, 0.4) is 0 Å². The van der Waals surface area contributed by atoms with Gasteiger partial charge >= 0.3 is 0 Å². The van der Waals surface area contributed by atoms with Crippen LogP contribution in [0.15, 0.2) is 48.8 Å². The van der Waals surface area contributed by atoms with E-state index in [0.29, 0.717) is 24.3 Å². The Morgan fingerprint density at radius 1 is 0.857 bits per heavy atom.